The molecule has 1 aliphatic rings. The van der Waals surface area contributed by atoms with Crippen molar-refractivity contribution in [1.82, 2.24) is 14.9 Å². The Labute approximate surface area is 153 Å². The number of hydrogen-bond acceptors (Lipinski definition) is 4. The highest BCUT2D eigenvalue weighted by atomic mass is 16.5. The summed E-state index contributed by atoms with van der Waals surface area (Å²) >= 11 is 0. The lowest BCUT2D eigenvalue weighted by molar-refractivity contribution is 0.0343. The lowest BCUT2D eigenvalue weighted by Gasteiger charge is -2.26. The van der Waals surface area contributed by atoms with E-state index in [0.29, 0.717) is 6.42 Å². The molecule has 0 saturated carbocycles. The third-order valence-corrected chi connectivity index (χ3v) is 4.98. The molecule has 3 heterocycles. The summed E-state index contributed by atoms with van der Waals surface area (Å²) in [6.07, 6.45) is 6.84. The summed E-state index contributed by atoms with van der Waals surface area (Å²) in [7, 11) is 0. The van der Waals surface area contributed by atoms with Gasteiger partial charge >= 0.3 is 0 Å². The zero-order chi connectivity index (χ0) is 17.8. The van der Waals surface area contributed by atoms with E-state index in [4.69, 9.17) is 4.74 Å². The molecular weight excluding hydrogens is 326 g/mol. The molecule has 1 N–H and O–H groups in total. The van der Waals surface area contributed by atoms with Gasteiger partial charge in [-0.1, -0.05) is 12.1 Å². The number of nitrogens with one attached hydrogen (secondary N) is 1. The summed E-state index contributed by atoms with van der Waals surface area (Å²) in [5.74, 6) is 0.174. The van der Waals surface area contributed by atoms with E-state index in [1.165, 1.54) is 10.9 Å². The van der Waals surface area contributed by atoms with Crippen molar-refractivity contribution in [3.8, 4) is 0 Å². The molecule has 0 bridgehead atoms. The number of aromatic amines is 1. The number of pyridine rings is 1. The van der Waals surface area contributed by atoms with Crippen molar-refractivity contribution in [2.45, 2.75) is 19.4 Å². The number of nitrogens with zero attached hydrogens (tertiary/aromatic N) is 2. The average molecular weight is 349 g/mol. The number of Topliss-reactive ketones (excluding diaryl/α,β-unsaturated/α-hetero) is 1. The van der Waals surface area contributed by atoms with Gasteiger partial charge in [0.05, 0.1) is 13.2 Å². The van der Waals surface area contributed by atoms with Crippen LogP contribution in [0.2, 0.25) is 0 Å². The zero-order valence-electron chi connectivity index (χ0n) is 14.8. The van der Waals surface area contributed by atoms with Gasteiger partial charge in [-0.05, 0) is 35.7 Å². The Morgan fingerprint density at radius 1 is 1.15 bits per heavy atom. The second-order valence-corrected chi connectivity index (χ2v) is 6.74. The summed E-state index contributed by atoms with van der Waals surface area (Å²) in [4.78, 5) is 22.3. The lowest BCUT2D eigenvalue weighted by atomic mass is 10.0. The van der Waals surface area contributed by atoms with E-state index in [-0.39, 0.29) is 5.78 Å². The van der Waals surface area contributed by atoms with E-state index in [2.05, 4.69) is 27.1 Å². The number of morpholine rings is 1. The molecule has 0 unspecified atom stereocenters. The first kappa shape index (κ1) is 16.9. The van der Waals surface area contributed by atoms with Crippen LogP contribution in [0.5, 0.6) is 0 Å². The fraction of sp³-hybridized carbons (Fsp3) is 0.333. The third kappa shape index (κ3) is 3.84. The van der Waals surface area contributed by atoms with Gasteiger partial charge in [-0.15, -0.1) is 0 Å². The van der Waals surface area contributed by atoms with E-state index in [0.717, 1.165) is 55.9 Å². The van der Waals surface area contributed by atoms with Gasteiger partial charge in [0, 0.05) is 61.1 Å². The standard InChI is InChI=1S/C21H23N3O2/c25-21(4-1-16-5-7-22-8-6-16)17-2-3-19-18(14-23-20(19)13-17)15-24-9-11-26-12-10-24/h2-3,5-8,13-14,23H,1,4,9-12,15H2. The number of rotatable bonds is 6. The first-order chi connectivity index (χ1) is 12.8. The van der Waals surface area contributed by atoms with Gasteiger partial charge in [-0.3, -0.25) is 14.7 Å². The third-order valence-electron chi connectivity index (χ3n) is 4.98. The van der Waals surface area contributed by atoms with Gasteiger partial charge in [0.1, 0.15) is 0 Å². The number of fused-ring (bicyclic) bond motifs is 1. The van der Waals surface area contributed by atoms with Crippen molar-refractivity contribution in [2.24, 2.45) is 0 Å². The minimum atomic E-state index is 0.174. The predicted octanol–water partition coefficient (Wildman–Crippen LogP) is 3.21. The summed E-state index contributed by atoms with van der Waals surface area (Å²) in [6, 6.07) is 9.92. The molecule has 0 spiro atoms. The molecule has 1 aliphatic heterocycles. The second-order valence-electron chi connectivity index (χ2n) is 6.74. The van der Waals surface area contributed by atoms with Crippen LogP contribution in [0, 0.1) is 0 Å². The number of benzene rings is 1. The van der Waals surface area contributed by atoms with Crippen LogP contribution in [-0.2, 0) is 17.7 Å². The van der Waals surface area contributed by atoms with E-state index < -0.39 is 0 Å². The van der Waals surface area contributed by atoms with E-state index >= 15 is 0 Å². The number of H-pyrrole nitrogens is 1. The average Bonchev–Trinajstić information content (AvgIpc) is 3.10. The molecule has 0 aliphatic carbocycles. The van der Waals surface area contributed by atoms with Crippen LogP contribution >= 0.6 is 0 Å². The Morgan fingerprint density at radius 3 is 2.77 bits per heavy atom. The molecule has 3 aromatic rings. The fourth-order valence-corrected chi connectivity index (χ4v) is 3.44. The maximum Gasteiger partial charge on any atom is 0.163 e. The van der Waals surface area contributed by atoms with Gasteiger partial charge in [-0.2, -0.15) is 0 Å². The zero-order valence-corrected chi connectivity index (χ0v) is 14.8. The van der Waals surface area contributed by atoms with Gasteiger partial charge in [0.15, 0.2) is 5.78 Å². The second kappa shape index (κ2) is 7.81. The number of carbonyl (C=O) groups excluding carboxylic acids is 1. The summed E-state index contributed by atoms with van der Waals surface area (Å²) in [6.45, 7) is 4.46. The van der Waals surface area contributed by atoms with Gasteiger partial charge in [0.2, 0.25) is 0 Å². The molecule has 134 valence electrons. The number of aryl methyl sites for hydroxylation is 1. The molecule has 0 amide bonds. The minimum Gasteiger partial charge on any atom is -0.379 e. The molecule has 1 saturated heterocycles. The van der Waals surface area contributed by atoms with Crippen molar-refractivity contribution in [1.29, 1.82) is 0 Å². The molecule has 5 heteroatoms. The van der Waals surface area contributed by atoms with Crippen LogP contribution in [0.25, 0.3) is 10.9 Å². The maximum atomic E-state index is 12.5. The van der Waals surface area contributed by atoms with Crippen molar-refractivity contribution in [3.63, 3.8) is 0 Å². The molecule has 4 rings (SSSR count). The number of ketones is 1. The Hall–Kier alpha value is -2.50. The van der Waals surface area contributed by atoms with Crippen LogP contribution in [-0.4, -0.2) is 47.0 Å². The highest BCUT2D eigenvalue weighted by molar-refractivity contribution is 5.99. The fourth-order valence-electron chi connectivity index (χ4n) is 3.44. The van der Waals surface area contributed by atoms with E-state index in [9.17, 15) is 4.79 Å². The van der Waals surface area contributed by atoms with Gasteiger partial charge < -0.3 is 9.72 Å². The number of aromatic nitrogens is 2. The van der Waals surface area contributed by atoms with Crippen LogP contribution < -0.4 is 0 Å². The first-order valence-corrected chi connectivity index (χ1v) is 9.12. The topological polar surface area (TPSA) is 58.2 Å². The summed E-state index contributed by atoms with van der Waals surface area (Å²) in [5, 5.41) is 1.20. The van der Waals surface area contributed by atoms with Crippen molar-refractivity contribution >= 4 is 16.7 Å². The highest BCUT2D eigenvalue weighted by Gasteiger charge is 2.14. The summed E-state index contributed by atoms with van der Waals surface area (Å²) in [5.41, 5.74) is 4.22. The van der Waals surface area contributed by atoms with Crippen LogP contribution in [0.1, 0.15) is 27.9 Å². The molecule has 2 aromatic heterocycles. The van der Waals surface area contributed by atoms with Crippen molar-refractivity contribution in [2.75, 3.05) is 26.3 Å². The lowest BCUT2D eigenvalue weighted by Crippen LogP contribution is -2.35. The van der Waals surface area contributed by atoms with Crippen LogP contribution in [0.15, 0.2) is 48.9 Å². The molecule has 1 fully saturated rings. The van der Waals surface area contributed by atoms with Gasteiger partial charge in [0.25, 0.3) is 0 Å². The molecule has 26 heavy (non-hydrogen) atoms. The summed E-state index contributed by atoms with van der Waals surface area (Å²) < 4.78 is 5.41. The quantitative estimate of drug-likeness (QED) is 0.694. The minimum absolute atomic E-state index is 0.174. The normalized spacial score (nSPS) is 15.4. The van der Waals surface area contributed by atoms with Crippen molar-refractivity contribution < 1.29 is 9.53 Å². The monoisotopic (exact) mass is 349 g/mol. The van der Waals surface area contributed by atoms with Crippen molar-refractivity contribution in [3.05, 3.63) is 65.6 Å². The van der Waals surface area contributed by atoms with E-state index in [1.807, 2.05) is 24.3 Å². The molecule has 1 aromatic carbocycles. The molecule has 0 radical (unpaired) electrons. The van der Waals surface area contributed by atoms with Crippen LogP contribution in [0.3, 0.4) is 0 Å². The Balaban J connectivity index is 1.44. The Kier molecular flexibility index (Phi) is 5.09. The maximum absolute atomic E-state index is 12.5. The number of carbonyl (C=O) groups is 1. The van der Waals surface area contributed by atoms with E-state index in [1.54, 1.807) is 12.4 Å². The molecule has 0 atom stereocenters. The SMILES string of the molecule is O=C(CCc1ccncc1)c1ccc2c(CN3CCOCC3)c[nH]c2c1. The largest absolute Gasteiger partial charge is 0.379 e. The highest BCUT2D eigenvalue weighted by Crippen LogP contribution is 2.22. The van der Waals surface area contributed by atoms with Gasteiger partial charge in [-0.25, -0.2) is 0 Å². The number of ether oxygens (including phenoxy) is 1. The Morgan fingerprint density at radius 2 is 1.96 bits per heavy atom. The van der Waals surface area contributed by atoms with Crippen LogP contribution in [0.4, 0.5) is 0 Å². The molecule has 5 nitrogen and oxygen atoms in total. The Bertz CT molecular complexity index is 883. The number of hydrogen-bond donors (Lipinski definition) is 1. The first-order valence-electron chi connectivity index (χ1n) is 9.12. The predicted molar refractivity (Wildman–Crippen MR) is 101 cm³/mol. The molecular formula is C21H23N3O2. The smallest absolute Gasteiger partial charge is 0.163 e.